The van der Waals surface area contributed by atoms with Crippen LogP contribution in [0.4, 0.5) is 0 Å². The van der Waals surface area contributed by atoms with Crippen LogP contribution in [0.5, 0.6) is 0 Å². The van der Waals surface area contributed by atoms with E-state index in [1.54, 1.807) is 13.8 Å². The van der Waals surface area contributed by atoms with Gasteiger partial charge < -0.3 is 14.5 Å². The number of carbonyl (C=O) groups excluding carboxylic acids is 2. The van der Waals surface area contributed by atoms with Crippen molar-refractivity contribution in [2.45, 2.75) is 40.0 Å². The highest BCUT2D eigenvalue weighted by Gasteiger charge is 2.27. The molecule has 0 radical (unpaired) electrons. The predicted octanol–water partition coefficient (Wildman–Crippen LogP) is 1.90. The van der Waals surface area contributed by atoms with Crippen molar-refractivity contribution < 1.29 is 9.59 Å². The highest BCUT2D eigenvalue weighted by atomic mass is 16.1. The summed E-state index contributed by atoms with van der Waals surface area (Å²) in [5.41, 5.74) is -0.165. The van der Waals surface area contributed by atoms with E-state index in [1.807, 2.05) is 21.0 Å². The molecule has 0 spiro atoms. The predicted molar refractivity (Wildman–Crippen MR) is 61.9 cm³/mol. The van der Waals surface area contributed by atoms with Crippen LogP contribution < -0.4 is 0 Å². The molecule has 0 bridgehead atoms. The van der Waals surface area contributed by atoms with Crippen LogP contribution >= 0.6 is 0 Å². The molecular weight excluding hydrogens is 190 g/mol. The lowest BCUT2D eigenvalue weighted by Gasteiger charge is -2.28. The van der Waals surface area contributed by atoms with Gasteiger partial charge in [-0.2, -0.15) is 0 Å². The minimum Gasteiger partial charge on any atom is -0.309 e. The lowest BCUT2D eigenvalue weighted by molar-refractivity contribution is -0.122. The molecule has 0 atom stereocenters. The lowest BCUT2D eigenvalue weighted by Crippen LogP contribution is -2.28. The van der Waals surface area contributed by atoms with Gasteiger partial charge in [-0.15, -0.1) is 0 Å². The number of hydrogen-bond donors (Lipinski definition) is 0. The Labute approximate surface area is 92.8 Å². The van der Waals surface area contributed by atoms with Gasteiger partial charge in [-0.1, -0.05) is 6.92 Å². The Hall–Kier alpha value is -0.700. The molecule has 0 aromatic carbocycles. The Morgan fingerprint density at radius 3 is 1.73 bits per heavy atom. The van der Waals surface area contributed by atoms with Crippen molar-refractivity contribution in [3.05, 3.63) is 0 Å². The van der Waals surface area contributed by atoms with Gasteiger partial charge in [-0.25, -0.2) is 0 Å². The highest BCUT2D eigenvalue weighted by Crippen LogP contribution is 2.31. The number of carbonyl (C=O) groups is 2. The second kappa shape index (κ2) is 6.01. The van der Waals surface area contributed by atoms with Gasteiger partial charge in [-0.3, -0.25) is 0 Å². The first-order valence-corrected chi connectivity index (χ1v) is 5.39. The molecule has 0 N–H and O–H groups in total. The summed E-state index contributed by atoms with van der Waals surface area (Å²) in [6, 6.07) is 0. The van der Waals surface area contributed by atoms with Crippen molar-refractivity contribution in [1.29, 1.82) is 0 Å². The normalized spacial score (nSPS) is 11.9. The maximum Gasteiger partial charge on any atom is 0.130 e. The van der Waals surface area contributed by atoms with Crippen molar-refractivity contribution >= 4 is 11.6 Å². The smallest absolute Gasteiger partial charge is 0.130 e. The van der Waals surface area contributed by atoms with E-state index in [4.69, 9.17) is 0 Å². The van der Waals surface area contributed by atoms with Crippen molar-refractivity contribution in [2.75, 3.05) is 20.6 Å². The molecule has 3 heteroatoms. The third-order valence-electron chi connectivity index (χ3n) is 2.51. The van der Waals surface area contributed by atoms with Crippen LogP contribution in [0.2, 0.25) is 0 Å². The Kier molecular flexibility index (Phi) is 5.73. The molecule has 0 aliphatic carbocycles. The van der Waals surface area contributed by atoms with Gasteiger partial charge in [0.25, 0.3) is 0 Å². The molecule has 0 aromatic rings. The third kappa shape index (κ3) is 7.25. The molecule has 0 heterocycles. The lowest BCUT2D eigenvalue weighted by atomic mass is 9.77. The summed E-state index contributed by atoms with van der Waals surface area (Å²) < 4.78 is 0. The number of nitrogens with zero attached hydrogens (tertiary/aromatic N) is 1. The summed E-state index contributed by atoms with van der Waals surface area (Å²) in [6.07, 6.45) is 1.89. The fourth-order valence-corrected chi connectivity index (χ4v) is 1.93. The molecule has 0 saturated carbocycles. The molecule has 0 aliphatic heterocycles. The van der Waals surface area contributed by atoms with Gasteiger partial charge in [0.1, 0.15) is 11.6 Å². The van der Waals surface area contributed by atoms with E-state index in [0.717, 1.165) is 13.0 Å². The van der Waals surface area contributed by atoms with Gasteiger partial charge in [0.15, 0.2) is 0 Å². The molecule has 3 nitrogen and oxygen atoms in total. The summed E-state index contributed by atoms with van der Waals surface area (Å²) in [5, 5.41) is 0. The second-order valence-corrected chi connectivity index (χ2v) is 5.12. The zero-order chi connectivity index (χ0) is 12.1. The van der Waals surface area contributed by atoms with E-state index >= 15 is 0 Å². The van der Waals surface area contributed by atoms with Crippen LogP contribution in [0.1, 0.15) is 40.0 Å². The van der Waals surface area contributed by atoms with E-state index in [-0.39, 0.29) is 17.0 Å². The number of rotatable bonds is 7. The van der Waals surface area contributed by atoms with Gasteiger partial charge in [-0.05, 0) is 46.3 Å². The fraction of sp³-hybridized carbons (Fsp3) is 0.833. The van der Waals surface area contributed by atoms with Gasteiger partial charge >= 0.3 is 0 Å². The van der Waals surface area contributed by atoms with Gasteiger partial charge in [0, 0.05) is 12.8 Å². The van der Waals surface area contributed by atoms with E-state index in [0.29, 0.717) is 12.8 Å². The van der Waals surface area contributed by atoms with Crippen molar-refractivity contribution in [3.8, 4) is 0 Å². The van der Waals surface area contributed by atoms with E-state index in [9.17, 15) is 9.59 Å². The first-order valence-electron chi connectivity index (χ1n) is 5.39. The number of Topliss-reactive ketones (excluding diaryl/α,β-unsaturated/α-hetero) is 2. The summed E-state index contributed by atoms with van der Waals surface area (Å²) in [6.45, 7) is 6.12. The second-order valence-electron chi connectivity index (χ2n) is 5.12. The van der Waals surface area contributed by atoms with E-state index in [1.165, 1.54) is 0 Å². The molecule has 15 heavy (non-hydrogen) atoms. The fourth-order valence-electron chi connectivity index (χ4n) is 1.93. The largest absolute Gasteiger partial charge is 0.309 e. The molecule has 0 saturated heterocycles. The van der Waals surface area contributed by atoms with Crippen molar-refractivity contribution in [3.63, 3.8) is 0 Å². The Morgan fingerprint density at radius 2 is 1.47 bits per heavy atom. The average molecular weight is 213 g/mol. The third-order valence-corrected chi connectivity index (χ3v) is 2.51. The molecule has 88 valence electrons. The molecule has 0 aliphatic rings. The molecule has 0 aromatic heterocycles. The SMILES string of the molecule is CC(=O)CC(C)(CCN(C)C)CC(C)=O. The first kappa shape index (κ1) is 14.3. The van der Waals surface area contributed by atoms with Crippen LogP contribution in [0.3, 0.4) is 0 Å². The summed E-state index contributed by atoms with van der Waals surface area (Å²) in [7, 11) is 4.00. The van der Waals surface area contributed by atoms with Crippen LogP contribution in [0.25, 0.3) is 0 Å². The zero-order valence-electron chi connectivity index (χ0n) is 10.6. The van der Waals surface area contributed by atoms with Crippen LogP contribution in [0.15, 0.2) is 0 Å². The maximum absolute atomic E-state index is 11.2. The number of hydrogen-bond acceptors (Lipinski definition) is 3. The quantitative estimate of drug-likeness (QED) is 0.648. The van der Waals surface area contributed by atoms with Crippen LogP contribution in [-0.4, -0.2) is 37.1 Å². The molecule has 0 fully saturated rings. The van der Waals surface area contributed by atoms with Gasteiger partial charge in [0.05, 0.1) is 0 Å². The summed E-state index contributed by atoms with van der Waals surface area (Å²) >= 11 is 0. The minimum absolute atomic E-state index is 0.164. The zero-order valence-corrected chi connectivity index (χ0v) is 10.6. The maximum atomic E-state index is 11.2. The van der Waals surface area contributed by atoms with Crippen LogP contribution in [-0.2, 0) is 9.59 Å². The van der Waals surface area contributed by atoms with Crippen LogP contribution in [0, 0.1) is 5.41 Å². The molecular formula is C12H23NO2. The summed E-state index contributed by atoms with van der Waals surface area (Å²) in [4.78, 5) is 24.4. The first-order chi connectivity index (χ1) is 6.75. The minimum atomic E-state index is -0.165. The monoisotopic (exact) mass is 213 g/mol. The topological polar surface area (TPSA) is 37.4 Å². The van der Waals surface area contributed by atoms with Crippen molar-refractivity contribution in [1.82, 2.24) is 4.90 Å². The Morgan fingerprint density at radius 1 is 1.07 bits per heavy atom. The van der Waals surface area contributed by atoms with E-state index < -0.39 is 0 Å². The molecule has 0 rings (SSSR count). The Balaban J connectivity index is 4.39. The Bertz CT molecular complexity index is 218. The molecule has 0 unspecified atom stereocenters. The highest BCUT2D eigenvalue weighted by molar-refractivity contribution is 5.79. The molecule has 0 amide bonds. The number of ketones is 2. The summed E-state index contributed by atoms with van der Waals surface area (Å²) in [5.74, 6) is 0.329. The standard InChI is InChI=1S/C12H23NO2/c1-10(14)8-12(3,9-11(2)15)6-7-13(4)5/h6-9H2,1-5H3. The average Bonchev–Trinajstić information content (AvgIpc) is 1.97. The van der Waals surface area contributed by atoms with Gasteiger partial charge in [0.2, 0.25) is 0 Å². The van der Waals surface area contributed by atoms with E-state index in [2.05, 4.69) is 4.90 Å². The van der Waals surface area contributed by atoms with Crippen molar-refractivity contribution in [2.24, 2.45) is 5.41 Å².